The highest BCUT2D eigenvalue weighted by Crippen LogP contribution is 2.18. The van der Waals surface area contributed by atoms with E-state index in [0.29, 0.717) is 12.1 Å². The highest BCUT2D eigenvalue weighted by atomic mass is 35.5. The van der Waals surface area contributed by atoms with Crippen LogP contribution in [-0.2, 0) is 4.74 Å². The molecule has 2 aromatic carbocycles. The van der Waals surface area contributed by atoms with Gasteiger partial charge in [0.15, 0.2) is 0 Å². The second kappa shape index (κ2) is 6.71. The van der Waals surface area contributed by atoms with Crippen LogP contribution < -0.4 is 17.7 Å². The molecular weight excluding hydrogens is 258 g/mol. The zero-order chi connectivity index (χ0) is 12.2. The monoisotopic (exact) mass is 275 g/mol. The number of quaternary nitrogens is 1. The number of ether oxygens (including phenoxy) is 1. The van der Waals surface area contributed by atoms with E-state index in [1.165, 1.54) is 11.1 Å². The Morgan fingerprint density at radius 1 is 0.947 bits per heavy atom. The predicted octanol–water partition coefficient (Wildman–Crippen LogP) is -1.26. The maximum Gasteiger partial charge on any atom is 0.137 e. The SMILES string of the molecule is [Cl-].c1ccc(C([NH2+]CC2CO2)c2ccccc2)cc1. The summed E-state index contributed by atoms with van der Waals surface area (Å²) in [4.78, 5) is 0. The van der Waals surface area contributed by atoms with Crippen LogP contribution >= 0.6 is 0 Å². The van der Waals surface area contributed by atoms with E-state index in [0.717, 1.165) is 13.2 Å². The molecule has 1 heterocycles. The van der Waals surface area contributed by atoms with Gasteiger partial charge in [-0.1, -0.05) is 60.7 Å². The number of rotatable bonds is 5. The fourth-order valence-corrected chi connectivity index (χ4v) is 2.28. The van der Waals surface area contributed by atoms with Crippen molar-refractivity contribution in [2.75, 3.05) is 13.2 Å². The van der Waals surface area contributed by atoms with Gasteiger partial charge in [-0.3, -0.25) is 0 Å². The first-order valence-corrected chi connectivity index (χ1v) is 6.48. The number of benzene rings is 2. The minimum atomic E-state index is 0. The molecule has 1 aliphatic heterocycles. The molecule has 2 nitrogen and oxygen atoms in total. The van der Waals surface area contributed by atoms with Gasteiger partial charge in [-0.2, -0.15) is 0 Å². The van der Waals surface area contributed by atoms with Crippen LogP contribution in [0.25, 0.3) is 0 Å². The summed E-state index contributed by atoms with van der Waals surface area (Å²) in [5.74, 6) is 0. The molecule has 0 spiro atoms. The lowest BCUT2D eigenvalue weighted by Crippen LogP contribution is -3.00. The predicted molar refractivity (Wildman–Crippen MR) is 71.3 cm³/mol. The zero-order valence-corrected chi connectivity index (χ0v) is 11.5. The molecule has 0 radical (unpaired) electrons. The van der Waals surface area contributed by atoms with E-state index < -0.39 is 0 Å². The molecule has 1 unspecified atom stereocenters. The molecule has 1 fully saturated rings. The van der Waals surface area contributed by atoms with E-state index in [2.05, 4.69) is 66.0 Å². The van der Waals surface area contributed by atoms with Gasteiger partial charge in [-0.05, 0) is 0 Å². The average Bonchev–Trinajstić information content (AvgIpc) is 3.26. The lowest BCUT2D eigenvalue weighted by Gasteiger charge is -2.16. The normalized spacial score (nSPS) is 17.0. The zero-order valence-electron chi connectivity index (χ0n) is 10.7. The number of nitrogens with two attached hydrogens (primary N) is 1. The van der Waals surface area contributed by atoms with Gasteiger partial charge in [0, 0.05) is 11.1 Å². The standard InChI is InChI=1S/C16H17NO.ClH/c1-3-7-13(8-4-1)16(17-11-15-12-18-15)14-9-5-2-6-10-14;/h1-10,15-17H,11-12H2;1H. The summed E-state index contributed by atoms with van der Waals surface area (Å²) in [6.07, 6.45) is 0.458. The molecule has 0 saturated carbocycles. The first-order chi connectivity index (χ1) is 8.93. The lowest BCUT2D eigenvalue weighted by atomic mass is 9.99. The molecule has 1 aliphatic rings. The molecule has 0 aliphatic carbocycles. The Kier molecular flexibility index (Phi) is 4.97. The summed E-state index contributed by atoms with van der Waals surface area (Å²) in [5.41, 5.74) is 2.70. The van der Waals surface area contributed by atoms with Crippen LogP contribution in [0.2, 0.25) is 0 Å². The smallest absolute Gasteiger partial charge is 0.137 e. The quantitative estimate of drug-likeness (QED) is 0.679. The van der Waals surface area contributed by atoms with Gasteiger partial charge in [0.05, 0.1) is 6.61 Å². The largest absolute Gasteiger partial charge is 1.00 e. The highest BCUT2D eigenvalue weighted by Gasteiger charge is 2.27. The van der Waals surface area contributed by atoms with Crippen LogP contribution in [-0.4, -0.2) is 19.3 Å². The molecule has 19 heavy (non-hydrogen) atoms. The number of epoxide rings is 1. The van der Waals surface area contributed by atoms with Gasteiger partial charge < -0.3 is 22.5 Å². The lowest BCUT2D eigenvalue weighted by molar-refractivity contribution is -0.688. The Balaban J connectivity index is 0.00000133. The Morgan fingerprint density at radius 3 is 1.84 bits per heavy atom. The first kappa shape index (κ1) is 14.1. The van der Waals surface area contributed by atoms with E-state index >= 15 is 0 Å². The molecule has 1 atom stereocenters. The Hall–Kier alpha value is -1.35. The van der Waals surface area contributed by atoms with Crippen LogP contribution in [0.1, 0.15) is 17.2 Å². The minimum absolute atomic E-state index is 0. The summed E-state index contributed by atoms with van der Waals surface area (Å²) >= 11 is 0. The molecule has 2 aromatic rings. The van der Waals surface area contributed by atoms with Gasteiger partial charge in [0.25, 0.3) is 0 Å². The van der Waals surface area contributed by atoms with Crippen LogP contribution in [0.4, 0.5) is 0 Å². The third-order valence-electron chi connectivity index (χ3n) is 3.35. The summed E-state index contributed by atoms with van der Waals surface area (Å²) in [6.45, 7) is 1.96. The maximum absolute atomic E-state index is 5.30. The summed E-state index contributed by atoms with van der Waals surface area (Å²) in [7, 11) is 0. The van der Waals surface area contributed by atoms with Crippen molar-refractivity contribution < 1.29 is 22.5 Å². The Labute approximate surface area is 120 Å². The summed E-state index contributed by atoms with van der Waals surface area (Å²) in [5, 5.41) is 2.38. The van der Waals surface area contributed by atoms with E-state index in [4.69, 9.17) is 4.74 Å². The molecular formula is C16H18ClNO. The van der Waals surface area contributed by atoms with Gasteiger partial charge >= 0.3 is 0 Å². The van der Waals surface area contributed by atoms with Crippen molar-refractivity contribution in [3.63, 3.8) is 0 Å². The van der Waals surface area contributed by atoms with Gasteiger partial charge in [-0.15, -0.1) is 0 Å². The fourth-order valence-electron chi connectivity index (χ4n) is 2.28. The van der Waals surface area contributed by atoms with Gasteiger partial charge in [0.2, 0.25) is 0 Å². The third-order valence-corrected chi connectivity index (χ3v) is 3.35. The second-order valence-corrected chi connectivity index (χ2v) is 4.73. The second-order valence-electron chi connectivity index (χ2n) is 4.73. The Bertz CT molecular complexity index is 445. The van der Waals surface area contributed by atoms with E-state index in [-0.39, 0.29) is 12.4 Å². The van der Waals surface area contributed by atoms with Crippen LogP contribution in [0.5, 0.6) is 0 Å². The van der Waals surface area contributed by atoms with Crippen molar-refractivity contribution in [2.24, 2.45) is 0 Å². The van der Waals surface area contributed by atoms with Crippen LogP contribution in [0.3, 0.4) is 0 Å². The summed E-state index contributed by atoms with van der Waals surface area (Å²) in [6, 6.07) is 21.7. The van der Waals surface area contributed by atoms with E-state index in [9.17, 15) is 0 Å². The number of hydrogen-bond acceptors (Lipinski definition) is 1. The molecule has 2 N–H and O–H groups in total. The first-order valence-electron chi connectivity index (χ1n) is 6.48. The molecule has 0 aromatic heterocycles. The maximum atomic E-state index is 5.30. The van der Waals surface area contributed by atoms with Crippen molar-refractivity contribution in [1.82, 2.24) is 0 Å². The molecule has 0 amide bonds. The van der Waals surface area contributed by atoms with Crippen molar-refractivity contribution >= 4 is 0 Å². The number of hydrogen-bond donors (Lipinski definition) is 1. The molecule has 3 heteroatoms. The molecule has 1 saturated heterocycles. The van der Waals surface area contributed by atoms with Crippen molar-refractivity contribution in [3.8, 4) is 0 Å². The topological polar surface area (TPSA) is 29.1 Å². The third kappa shape index (κ3) is 3.80. The molecule has 100 valence electrons. The van der Waals surface area contributed by atoms with Gasteiger partial charge in [-0.25, -0.2) is 0 Å². The van der Waals surface area contributed by atoms with Crippen LogP contribution in [0, 0.1) is 0 Å². The average molecular weight is 276 g/mol. The molecule has 0 bridgehead atoms. The van der Waals surface area contributed by atoms with E-state index in [1.54, 1.807) is 0 Å². The van der Waals surface area contributed by atoms with Crippen molar-refractivity contribution in [2.45, 2.75) is 12.1 Å². The molecule has 3 rings (SSSR count). The highest BCUT2D eigenvalue weighted by molar-refractivity contribution is 5.29. The van der Waals surface area contributed by atoms with Crippen LogP contribution in [0.15, 0.2) is 60.7 Å². The van der Waals surface area contributed by atoms with Gasteiger partial charge in [0.1, 0.15) is 18.7 Å². The van der Waals surface area contributed by atoms with Crippen molar-refractivity contribution in [1.29, 1.82) is 0 Å². The summed E-state index contributed by atoms with van der Waals surface area (Å²) < 4.78 is 5.30. The minimum Gasteiger partial charge on any atom is -1.00 e. The van der Waals surface area contributed by atoms with E-state index in [1.807, 2.05) is 0 Å². The fraction of sp³-hybridized carbons (Fsp3) is 0.250. The Morgan fingerprint density at radius 2 is 1.42 bits per heavy atom. The number of halogens is 1. The van der Waals surface area contributed by atoms with Crippen molar-refractivity contribution in [3.05, 3.63) is 71.8 Å².